The van der Waals surface area contributed by atoms with E-state index in [0.717, 1.165) is 22.3 Å². The van der Waals surface area contributed by atoms with Gasteiger partial charge in [-0.15, -0.1) is 0 Å². The largest absolute Gasteiger partial charge is 0.390 e. The molecule has 0 atom stereocenters. The van der Waals surface area contributed by atoms with Crippen molar-refractivity contribution in [3.05, 3.63) is 16.4 Å². The summed E-state index contributed by atoms with van der Waals surface area (Å²) in [7, 11) is 0. The Kier molecular flexibility index (Phi) is 4.60. The highest BCUT2D eigenvalue weighted by atomic mass is 32.1. The lowest BCUT2D eigenvalue weighted by Gasteiger charge is -2.26. The summed E-state index contributed by atoms with van der Waals surface area (Å²) in [4.78, 5) is 5.44. The Balaban J connectivity index is 1.69. The number of rotatable bonds is 5. The molecule has 0 amide bonds. The summed E-state index contributed by atoms with van der Waals surface area (Å²) in [5.74, 6) is 1.53. The van der Waals surface area contributed by atoms with Gasteiger partial charge in [0.25, 0.3) is 0 Å². The summed E-state index contributed by atoms with van der Waals surface area (Å²) in [6.45, 7) is 4.23. The van der Waals surface area contributed by atoms with Gasteiger partial charge in [-0.2, -0.15) is 5.10 Å². The van der Waals surface area contributed by atoms with Crippen molar-refractivity contribution in [2.45, 2.75) is 71.3 Å². The fourth-order valence-corrected chi connectivity index (χ4v) is 4.57. The Bertz CT molecular complexity index is 596. The molecule has 2 heterocycles. The van der Waals surface area contributed by atoms with Crippen molar-refractivity contribution in [2.24, 2.45) is 5.92 Å². The molecule has 2 aromatic heterocycles. The maximum atomic E-state index is 9.45. The van der Waals surface area contributed by atoms with Crippen LogP contribution in [0.25, 0.3) is 4.96 Å². The van der Waals surface area contributed by atoms with Crippen LogP contribution in [-0.2, 0) is 6.61 Å². The molecule has 0 aromatic carbocycles. The summed E-state index contributed by atoms with van der Waals surface area (Å²) in [5.41, 5.74) is 1.73. The minimum Gasteiger partial charge on any atom is -0.390 e. The molecule has 2 aromatic rings. The number of fused-ring (bicyclic) bond motifs is 1. The molecule has 0 bridgehead atoms. The molecule has 1 aliphatic carbocycles. The SMILES string of the molecule is CCCCC1CCC(c2nn3c(CO)c(C)nc3s2)CC1. The zero-order valence-electron chi connectivity index (χ0n) is 13.0. The Morgan fingerprint density at radius 3 is 2.71 bits per heavy atom. The first-order valence-corrected chi connectivity index (χ1v) is 9.00. The van der Waals surface area contributed by atoms with Crippen LogP contribution in [0.1, 0.15) is 74.2 Å². The van der Waals surface area contributed by atoms with Gasteiger partial charge in [0.1, 0.15) is 5.01 Å². The minimum atomic E-state index is 0.0138. The van der Waals surface area contributed by atoms with Gasteiger partial charge in [-0.1, -0.05) is 37.5 Å². The van der Waals surface area contributed by atoms with Gasteiger partial charge in [-0.25, -0.2) is 9.50 Å². The molecule has 5 heteroatoms. The fourth-order valence-electron chi connectivity index (χ4n) is 3.44. The predicted molar refractivity (Wildman–Crippen MR) is 85.7 cm³/mol. The Labute approximate surface area is 130 Å². The maximum Gasteiger partial charge on any atom is 0.212 e. The molecule has 0 radical (unpaired) electrons. The third kappa shape index (κ3) is 2.99. The van der Waals surface area contributed by atoms with Crippen LogP contribution in [0, 0.1) is 12.8 Å². The van der Waals surface area contributed by atoms with E-state index in [0.29, 0.717) is 5.92 Å². The highest BCUT2D eigenvalue weighted by molar-refractivity contribution is 7.16. The molecular formula is C16H25N3OS. The van der Waals surface area contributed by atoms with Crippen LogP contribution in [0.5, 0.6) is 0 Å². The molecule has 1 fully saturated rings. The van der Waals surface area contributed by atoms with Crippen LogP contribution in [-0.4, -0.2) is 19.7 Å². The van der Waals surface area contributed by atoms with Gasteiger partial charge in [0.15, 0.2) is 0 Å². The topological polar surface area (TPSA) is 50.4 Å². The number of aromatic nitrogens is 3. The minimum absolute atomic E-state index is 0.0138. The van der Waals surface area contributed by atoms with E-state index < -0.39 is 0 Å². The molecule has 1 saturated carbocycles. The highest BCUT2D eigenvalue weighted by Gasteiger charge is 2.25. The second kappa shape index (κ2) is 6.44. The van der Waals surface area contributed by atoms with Gasteiger partial charge < -0.3 is 5.11 Å². The first-order chi connectivity index (χ1) is 10.2. The summed E-state index contributed by atoms with van der Waals surface area (Å²) in [6.07, 6.45) is 9.30. The lowest BCUT2D eigenvalue weighted by Crippen LogP contribution is -2.13. The zero-order chi connectivity index (χ0) is 14.8. The van der Waals surface area contributed by atoms with Gasteiger partial charge in [0.2, 0.25) is 4.96 Å². The van der Waals surface area contributed by atoms with E-state index in [1.54, 1.807) is 11.3 Å². The summed E-state index contributed by atoms with van der Waals surface area (Å²) < 4.78 is 1.85. The first kappa shape index (κ1) is 15.0. The monoisotopic (exact) mass is 307 g/mol. The van der Waals surface area contributed by atoms with Crippen molar-refractivity contribution < 1.29 is 5.11 Å². The molecule has 116 valence electrons. The second-order valence-corrected chi connectivity index (χ2v) is 7.28. The molecule has 1 N–H and O–H groups in total. The molecule has 21 heavy (non-hydrogen) atoms. The third-order valence-corrected chi connectivity index (χ3v) is 5.89. The van der Waals surface area contributed by atoms with E-state index in [1.165, 1.54) is 50.0 Å². The lowest BCUT2D eigenvalue weighted by atomic mass is 9.80. The summed E-state index contributed by atoms with van der Waals surface area (Å²) in [5, 5.41) is 15.4. The van der Waals surface area contributed by atoms with E-state index in [2.05, 4.69) is 11.9 Å². The standard InChI is InChI=1S/C16H25N3OS/c1-3-4-5-12-6-8-13(9-7-12)15-18-19-14(10-20)11(2)17-16(19)21-15/h12-13,20H,3-10H2,1-2H3. The molecule has 0 aliphatic heterocycles. The Morgan fingerprint density at radius 2 is 2.05 bits per heavy atom. The number of aliphatic hydroxyl groups is 1. The van der Waals surface area contributed by atoms with E-state index >= 15 is 0 Å². The van der Waals surface area contributed by atoms with Gasteiger partial charge >= 0.3 is 0 Å². The van der Waals surface area contributed by atoms with E-state index in [9.17, 15) is 5.11 Å². The van der Waals surface area contributed by atoms with Gasteiger partial charge in [-0.05, 0) is 38.5 Å². The van der Waals surface area contributed by atoms with Gasteiger partial charge in [-0.3, -0.25) is 0 Å². The number of aryl methyl sites for hydroxylation is 1. The number of aliphatic hydroxyl groups excluding tert-OH is 1. The van der Waals surface area contributed by atoms with Gasteiger partial charge in [0, 0.05) is 5.92 Å². The lowest BCUT2D eigenvalue weighted by molar-refractivity contribution is 0.272. The smallest absolute Gasteiger partial charge is 0.212 e. The quantitative estimate of drug-likeness (QED) is 0.906. The molecule has 4 nitrogen and oxygen atoms in total. The third-order valence-electron chi connectivity index (χ3n) is 4.82. The number of hydrogen-bond donors (Lipinski definition) is 1. The van der Waals surface area contributed by atoms with Crippen LogP contribution < -0.4 is 0 Å². The van der Waals surface area contributed by atoms with Crippen LogP contribution in [0.2, 0.25) is 0 Å². The molecule has 0 saturated heterocycles. The number of unbranched alkanes of at least 4 members (excludes halogenated alkanes) is 1. The molecule has 3 rings (SSSR count). The average Bonchev–Trinajstić information content (AvgIpc) is 3.02. The molecular weight excluding hydrogens is 282 g/mol. The van der Waals surface area contributed by atoms with Gasteiger partial charge in [0.05, 0.1) is 18.0 Å². The van der Waals surface area contributed by atoms with Crippen molar-refractivity contribution in [3.8, 4) is 0 Å². The van der Waals surface area contributed by atoms with Crippen molar-refractivity contribution in [3.63, 3.8) is 0 Å². The van der Waals surface area contributed by atoms with Crippen LogP contribution in [0.4, 0.5) is 0 Å². The summed E-state index contributed by atoms with van der Waals surface area (Å²) in [6, 6.07) is 0. The first-order valence-electron chi connectivity index (χ1n) is 8.18. The molecule has 0 spiro atoms. The number of imidazole rings is 1. The average molecular weight is 307 g/mol. The van der Waals surface area contributed by atoms with Crippen LogP contribution >= 0.6 is 11.3 Å². The Hall–Kier alpha value is -0.940. The Morgan fingerprint density at radius 1 is 1.29 bits per heavy atom. The normalized spacial score (nSPS) is 23.0. The molecule has 1 aliphatic rings. The van der Waals surface area contributed by atoms with Crippen LogP contribution in [0.3, 0.4) is 0 Å². The van der Waals surface area contributed by atoms with E-state index in [-0.39, 0.29) is 6.61 Å². The highest BCUT2D eigenvalue weighted by Crippen LogP contribution is 2.39. The van der Waals surface area contributed by atoms with Crippen molar-refractivity contribution >= 4 is 16.3 Å². The van der Waals surface area contributed by atoms with E-state index in [4.69, 9.17) is 5.10 Å². The summed E-state index contributed by atoms with van der Waals surface area (Å²) >= 11 is 1.70. The van der Waals surface area contributed by atoms with Crippen molar-refractivity contribution in [1.29, 1.82) is 0 Å². The fraction of sp³-hybridized carbons (Fsp3) is 0.750. The second-order valence-electron chi connectivity index (χ2n) is 6.30. The van der Waals surface area contributed by atoms with Crippen molar-refractivity contribution in [2.75, 3.05) is 0 Å². The maximum absolute atomic E-state index is 9.45. The number of nitrogens with zero attached hydrogens (tertiary/aromatic N) is 3. The van der Waals surface area contributed by atoms with Crippen LogP contribution in [0.15, 0.2) is 0 Å². The van der Waals surface area contributed by atoms with E-state index in [1.807, 2.05) is 11.4 Å². The molecule has 0 unspecified atom stereocenters. The van der Waals surface area contributed by atoms with Crippen molar-refractivity contribution in [1.82, 2.24) is 14.6 Å². The predicted octanol–water partition coefficient (Wildman–Crippen LogP) is 4.06. The zero-order valence-corrected chi connectivity index (χ0v) is 13.8. The number of hydrogen-bond acceptors (Lipinski definition) is 4.